The number of sulfonamides is 1. The van der Waals surface area contributed by atoms with Gasteiger partial charge in [0, 0.05) is 31.3 Å². The molecule has 0 saturated carbocycles. The fourth-order valence-electron chi connectivity index (χ4n) is 2.87. The quantitative estimate of drug-likeness (QED) is 0.910. The molecule has 24 heavy (non-hydrogen) atoms. The number of anilines is 2. The Morgan fingerprint density at radius 2 is 2.08 bits per heavy atom. The summed E-state index contributed by atoms with van der Waals surface area (Å²) in [6.45, 7) is 4.82. The van der Waals surface area contributed by atoms with E-state index in [1.165, 1.54) is 10.6 Å². The Morgan fingerprint density at radius 3 is 2.75 bits per heavy atom. The van der Waals surface area contributed by atoms with E-state index in [4.69, 9.17) is 0 Å². The van der Waals surface area contributed by atoms with Gasteiger partial charge in [0.25, 0.3) is 0 Å². The van der Waals surface area contributed by atoms with E-state index in [1.54, 1.807) is 6.20 Å². The molecule has 1 unspecified atom stereocenters. The van der Waals surface area contributed by atoms with E-state index in [0.717, 1.165) is 23.5 Å². The van der Waals surface area contributed by atoms with Gasteiger partial charge in [0.15, 0.2) is 0 Å². The van der Waals surface area contributed by atoms with Gasteiger partial charge in [-0.15, -0.1) is 0 Å². The average Bonchev–Trinajstić information content (AvgIpc) is 2.99. The molecule has 2 aromatic heterocycles. The summed E-state index contributed by atoms with van der Waals surface area (Å²) in [6, 6.07) is 5.75. The maximum absolute atomic E-state index is 11.7. The van der Waals surface area contributed by atoms with Crippen molar-refractivity contribution in [3.63, 3.8) is 0 Å². The molecule has 0 aromatic carbocycles. The van der Waals surface area contributed by atoms with Crippen LogP contribution in [-0.2, 0) is 10.0 Å². The molecule has 1 N–H and O–H groups in total. The predicted octanol–water partition coefficient (Wildman–Crippen LogP) is 1.98. The van der Waals surface area contributed by atoms with Crippen molar-refractivity contribution in [3.8, 4) is 0 Å². The summed E-state index contributed by atoms with van der Waals surface area (Å²) in [5.74, 6) is 2.18. The van der Waals surface area contributed by atoms with Crippen LogP contribution in [0.1, 0.15) is 29.4 Å². The number of aryl methyl sites for hydroxylation is 2. The smallest absolute Gasteiger partial charge is 0.211 e. The zero-order chi connectivity index (χ0) is 17.3. The molecule has 8 heteroatoms. The van der Waals surface area contributed by atoms with Gasteiger partial charge in [-0.05, 0) is 31.9 Å². The lowest BCUT2D eigenvalue weighted by atomic mass is 10.0. The lowest BCUT2D eigenvalue weighted by molar-refractivity contribution is 0.477. The summed E-state index contributed by atoms with van der Waals surface area (Å²) in [4.78, 5) is 13.2. The lowest BCUT2D eigenvalue weighted by Gasteiger charge is -2.14. The van der Waals surface area contributed by atoms with Crippen molar-refractivity contribution in [2.45, 2.75) is 26.2 Å². The van der Waals surface area contributed by atoms with Gasteiger partial charge in [0.05, 0.1) is 11.9 Å². The number of hydrogen-bond donors (Lipinski definition) is 1. The van der Waals surface area contributed by atoms with Crippen LogP contribution in [-0.4, -0.2) is 47.0 Å². The second kappa shape index (κ2) is 6.45. The second-order valence-electron chi connectivity index (χ2n) is 6.13. The standard InChI is InChI=1S/C16H21N5O2S/c1-11-5-4-7-17-16(11)20-15-9-14(18-12(2)19-15)13-6-8-21(10-13)24(3,22)23/h4-5,7,9,13H,6,8,10H2,1-3H3,(H,17,18,19,20). The van der Waals surface area contributed by atoms with Gasteiger partial charge < -0.3 is 5.32 Å². The van der Waals surface area contributed by atoms with Crippen LogP contribution in [0.4, 0.5) is 11.6 Å². The summed E-state index contributed by atoms with van der Waals surface area (Å²) >= 11 is 0. The summed E-state index contributed by atoms with van der Waals surface area (Å²) in [5.41, 5.74) is 1.89. The van der Waals surface area contributed by atoms with Crippen LogP contribution in [0.2, 0.25) is 0 Å². The topological polar surface area (TPSA) is 88.1 Å². The third-order valence-electron chi connectivity index (χ3n) is 4.15. The lowest BCUT2D eigenvalue weighted by Crippen LogP contribution is -2.27. The molecule has 0 amide bonds. The number of rotatable bonds is 4. The number of hydrogen-bond acceptors (Lipinski definition) is 6. The monoisotopic (exact) mass is 347 g/mol. The fraction of sp³-hybridized carbons (Fsp3) is 0.438. The largest absolute Gasteiger partial charge is 0.325 e. The molecule has 0 aliphatic carbocycles. The average molecular weight is 347 g/mol. The molecular formula is C16H21N5O2S. The van der Waals surface area contributed by atoms with Gasteiger partial charge in [-0.3, -0.25) is 0 Å². The van der Waals surface area contributed by atoms with E-state index in [9.17, 15) is 8.42 Å². The van der Waals surface area contributed by atoms with Crippen LogP contribution in [0.5, 0.6) is 0 Å². The third-order valence-corrected chi connectivity index (χ3v) is 5.42. The number of aromatic nitrogens is 3. The highest BCUT2D eigenvalue weighted by atomic mass is 32.2. The number of nitrogens with zero attached hydrogens (tertiary/aromatic N) is 4. The third kappa shape index (κ3) is 3.70. The summed E-state index contributed by atoms with van der Waals surface area (Å²) in [7, 11) is -3.15. The second-order valence-corrected chi connectivity index (χ2v) is 8.11. The highest BCUT2D eigenvalue weighted by Gasteiger charge is 2.30. The van der Waals surface area contributed by atoms with E-state index >= 15 is 0 Å². The van der Waals surface area contributed by atoms with Gasteiger partial charge >= 0.3 is 0 Å². The van der Waals surface area contributed by atoms with Crippen molar-refractivity contribution in [3.05, 3.63) is 41.5 Å². The van der Waals surface area contributed by atoms with Crippen LogP contribution in [0.25, 0.3) is 0 Å². The number of pyridine rings is 1. The molecule has 0 spiro atoms. The fourth-order valence-corrected chi connectivity index (χ4v) is 3.76. The Hall–Kier alpha value is -2.06. The van der Waals surface area contributed by atoms with Crippen LogP contribution in [0.3, 0.4) is 0 Å². The molecule has 128 valence electrons. The molecule has 0 radical (unpaired) electrons. The van der Waals surface area contributed by atoms with E-state index in [-0.39, 0.29) is 5.92 Å². The normalized spacial score (nSPS) is 18.7. The Kier molecular flexibility index (Phi) is 4.51. The Balaban J connectivity index is 1.84. The molecule has 2 aromatic rings. The van der Waals surface area contributed by atoms with Crippen molar-refractivity contribution in [1.82, 2.24) is 19.3 Å². The van der Waals surface area contributed by atoms with Gasteiger partial charge in [0.2, 0.25) is 10.0 Å². The van der Waals surface area contributed by atoms with Gasteiger partial charge in [-0.2, -0.15) is 0 Å². The van der Waals surface area contributed by atoms with Crippen LogP contribution in [0, 0.1) is 13.8 Å². The number of nitrogens with one attached hydrogen (secondary N) is 1. The maximum atomic E-state index is 11.7. The highest BCUT2D eigenvalue weighted by Crippen LogP contribution is 2.29. The Labute approximate surface area is 142 Å². The van der Waals surface area contributed by atoms with Crippen molar-refractivity contribution >= 4 is 21.7 Å². The first-order valence-electron chi connectivity index (χ1n) is 7.82. The first-order valence-corrected chi connectivity index (χ1v) is 9.67. The molecule has 1 aliphatic heterocycles. The minimum atomic E-state index is -3.15. The Morgan fingerprint density at radius 1 is 1.29 bits per heavy atom. The van der Waals surface area contributed by atoms with Gasteiger partial charge in [-0.1, -0.05) is 6.07 Å². The van der Waals surface area contributed by atoms with Crippen molar-refractivity contribution in [2.75, 3.05) is 24.7 Å². The van der Waals surface area contributed by atoms with E-state index in [2.05, 4.69) is 20.3 Å². The highest BCUT2D eigenvalue weighted by molar-refractivity contribution is 7.88. The maximum Gasteiger partial charge on any atom is 0.211 e. The van der Waals surface area contributed by atoms with E-state index in [1.807, 2.05) is 32.0 Å². The molecule has 1 aliphatic rings. The van der Waals surface area contributed by atoms with Crippen LogP contribution in [0.15, 0.2) is 24.4 Å². The zero-order valence-electron chi connectivity index (χ0n) is 14.0. The molecule has 3 heterocycles. The predicted molar refractivity (Wildman–Crippen MR) is 92.8 cm³/mol. The molecular weight excluding hydrogens is 326 g/mol. The molecule has 1 saturated heterocycles. The van der Waals surface area contributed by atoms with Gasteiger partial charge in [-0.25, -0.2) is 27.7 Å². The molecule has 7 nitrogen and oxygen atoms in total. The minimum absolute atomic E-state index is 0.0896. The molecule has 3 rings (SSSR count). The first-order chi connectivity index (χ1) is 11.3. The van der Waals surface area contributed by atoms with Crippen molar-refractivity contribution in [2.24, 2.45) is 0 Å². The SMILES string of the molecule is Cc1nc(Nc2ncccc2C)cc(C2CCN(S(C)(=O)=O)C2)n1. The summed E-state index contributed by atoms with van der Waals surface area (Å²) in [5, 5.41) is 3.22. The molecule has 1 fully saturated rings. The zero-order valence-corrected chi connectivity index (χ0v) is 14.8. The van der Waals surface area contributed by atoms with Crippen molar-refractivity contribution < 1.29 is 8.42 Å². The van der Waals surface area contributed by atoms with Crippen LogP contribution >= 0.6 is 0 Å². The summed E-state index contributed by atoms with van der Waals surface area (Å²) in [6.07, 6.45) is 3.74. The molecule has 1 atom stereocenters. The van der Waals surface area contributed by atoms with E-state index < -0.39 is 10.0 Å². The van der Waals surface area contributed by atoms with Crippen LogP contribution < -0.4 is 5.32 Å². The Bertz CT molecular complexity index is 853. The minimum Gasteiger partial charge on any atom is -0.325 e. The van der Waals surface area contributed by atoms with E-state index in [0.29, 0.717) is 24.7 Å². The summed E-state index contributed by atoms with van der Waals surface area (Å²) < 4.78 is 24.9. The van der Waals surface area contributed by atoms with Crippen molar-refractivity contribution in [1.29, 1.82) is 0 Å². The first kappa shape index (κ1) is 16.8. The molecule has 0 bridgehead atoms. The van der Waals surface area contributed by atoms with Gasteiger partial charge in [0.1, 0.15) is 17.5 Å².